The third kappa shape index (κ3) is 4.39. The molecule has 5 heteroatoms. The van der Waals surface area contributed by atoms with E-state index in [2.05, 4.69) is 0 Å². The molecule has 3 nitrogen and oxygen atoms in total. The van der Waals surface area contributed by atoms with E-state index in [1.54, 1.807) is 37.3 Å². The molecule has 0 aliphatic rings. The molecule has 2 aromatic rings. The van der Waals surface area contributed by atoms with Crippen LogP contribution in [0.3, 0.4) is 0 Å². The zero-order chi connectivity index (χ0) is 16.8. The van der Waals surface area contributed by atoms with Gasteiger partial charge in [-0.25, -0.2) is 13.6 Å². The maximum Gasteiger partial charge on any atom is 0.333 e. The highest BCUT2D eigenvalue weighted by Gasteiger charge is 2.14. The Morgan fingerprint density at radius 3 is 2.30 bits per heavy atom. The second-order valence-electron chi connectivity index (χ2n) is 4.78. The molecule has 0 atom stereocenters. The lowest BCUT2D eigenvalue weighted by atomic mass is 10.1. The van der Waals surface area contributed by atoms with Crippen LogP contribution in [0.2, 0.25) is 0 Å². The van der Waals surface area contributed by atoms with Crippen molar-refractivity contribution in [3.63, 3.8) is 0 Å². The minimum Gasteiger partial charge on any atom is -0.463 e. The molecule has 0 aliphatic heterocycles. The molecule has 23 heavy (non-hydrogen) atoms. The van der Waals surface area contributed by atoms with Gasteiger partial charge in [-0.05, 0) is 49.8 Å². The largest absolute Gasteiger partial charge is 0.463 e. The van der Waals surface area contributed by atoms with Gasteiger partial charge in [0.05, 0.1) is 6.61 Å². The summed E-state index contributed by atoms with van der Waals surface area (Å²) in [7, 11) is 0. The van der Waals surface area contributed by atoms with Gasteiger partial charge in [0, 0.05) is 5.57 Å². The quantitative estimate of drug-likeness (QED) is 0.591. The van der Waals surface area contributed by atoms with Crippen molar-refractivity contribution >= 4 is 12.0 Å². The Labute approximate surface area is 133 Å². The van der Waals surface area contributed by atoms with Gasteiger partial charge in [0.25, 0.3) is 0 Å². The van der Waals surface area contributed by atoms with Crippen LogP contribution < -0.4 is 4.74 Å². The first-order chi connectivity index (χ1) is 11.0. The van der Waals surface area contributed by atoms with Crippen LogP contribution in [-0.4, -0.2) is 12.6 Å². The summed E-state index contributed by atoms with van der Waals surface area (Å²) in [6, 6.07) is 10.6. The van der Waals surface area contributed by atoms with Gasteiger partial charge < -0.3 is 9.47 Å². The first kappa shape index (κ1) is 16.7. The van der Waals surface area contributed by atoms with Crippen LogP contribution >= 0.6 is 0 Å². The van der Waals surface area contributed by atoms with Crippen molar-refractivity contribution < 1.29 is 23.0 Å². The molecule has 0 saturated carbocycles. The molecule has 2 aromatic carbocycles. The fourth-order valence-electron chi connectivity index (χ4n) is 1.92. The average Bonchev–Trinajstić information content (AvgIpc) is 2.52. The van der Waals surface area contributed by atoms with Crippen molar-refractivity contribution in [3.8, 4) is 11.5 Å². The summed E-state index contributed by atoms with van der Waals surface area (Å²) < 4.78 is 38.2. The van der Waals surface area contributed by atoms with Gasteiger partial charge >= 0.3 is 5.97 Å². The summed E-state index contributed by atoms with van der Waals surface area (Å²) in [4.78, 5) is 11.5. The van der Waals surface area contributed by atoms with Crippen LogP contribution in [0.25, 0.3) is 6.08 Å². The molecule has 0 aromatic heterocycles. The second-order valence-corrected chi connectivity index (χ2v) is 4.78. The number of carbonyl (C=O) groups is 1. The monoisotopic (exact) mass is 318 g/mol. The lowest BCUT2D eigenvalue weighted by Crippen LogP contribution is -2.05. The lowest BCUT2D eigenvalue weighted by molar-refractivity contribution is -0.138. The number of hydrogen-bond donors (Lipinski definition) is 0. The summed E-state index contributed by atoms with van der Waals surface area (Å²) >= 11 is 0. The van der Waals surface area contributed by atoms with Crippen LogP contribution in [0, 0.1) is 11.6 Å². The Morgan fingerprint density at radius 1 is 1.13 bits per heavy atom. The molecule has 0 radical (unpaired) electrons. The van der Waals surface area contributed by atoms with Crippen LogP contribution in [0.4, 0.5) is 8.78 Å². The van der Waals surface area contributed by atoms with E-state index in [9.17, 15) is 13.6 Å². The van der Waals surface area contributed by atoms with E-state index in [1.165, 1.54) is 13.0 Å². The van der Waals surface area contributed by atoms with E-state index >= 15 is 0 Å². The standard InChI is InChI=1S/C18H16F2O3/c1-3-22-18(21)12(2)9-13-10-15(19)17(16(20)11-13)23-14-7-5-4-6-8-14/h4-11H,3H2,1-2H3. The summed E-state index contributed by atoms with van der Waals surface area (Å²) in [5, 5.41) is 0. The molecule has 120 valence electrons. The molecule has 0 unspecified atom stereocenters. The Hall–Kier alpha value is -2.69. The molecule has 0 N–H and O–H groups in total. The third-order valence-corrected chi connectivity index (χ3v) is 2.96. The molecule has 0 heterocycles. The summed E-state index contributed by atoms with van der Waals surface area (Å²) in [6.45, 7) is 3.43. The highest BCUT2D eigenvalue weighted by molar-refractivity contribution is 5.93. The average molecular weight is 318 g/mol. The van der Waals surface area contributed by atoms with Gasteiger partial charge in [0.15, 0.2) is 17.4 Å². The number of halogens is 2. The van der Waals surface area contributed by atoms with E-state index in [0.717, 1.165) is 12.1 Å². The molecule has 0 spiro atoms. The molecule has 0 saturated heterocycles. The molecule has 0 bridgehead atoms. The number of hydrogen-bond acceptors (Lipinski definition) is 3. The van der Waals surface area contributed by atoms with E-state index < -0.39 is 23.4 Å². The number of ether oxygens (including phenoxy) is 2. The summed E-state index contributed by atoms with van der Waals surface area (Å²) in [6.07, 6.45) is 1.36. The summed E-state index contributed by atoms with van der Waals surface area (Å²) in [5.41, 5.74) is 0.466. The van der Waals surface area contributed by atoms with Gasteiger partial charge in [0.1, 0.15) is 5.75 Å². The SMILES string of the molecule is CCOC(=O)C(C)=Cc1cc(F)c(Oc2ccccc2)c(F)c1. The maximum atomic E-state index is 14.1. The van der Waals surface area contributed by atoms with Crippen LogP contribution in [0.1, 0.15) is 19.4 Å². The van der Waals surface area contributed by atoms with Gasteiger partial charge in [0.2, 0.25) is 0 Å². The van der Waals surface area contributed by atoms with Gasteiger partial charge in [-0.15, -0.1) is 0 Å². The van der Waals surface area contributed by atoms with Crippen molar-refractivity contribution in [1.29, 1.82) is 0 Å². The van der Waals surface area contributed by atoms with Crippen LogP contribution in [0.15, 0.2) is 48.0 Å². The van der Waals surface area contributed by atoms with Crippen molar-refractivity contribution in [3.05, 3.63) is 65.2 Å². The highest BCUT2D eigenvalue weighted by atomic mass is 19.1. The number of rotatable bonds is 5. The molecule has 0 fully saturated rings. The minimum absolute atomic E-state index is 0.214. The van der Waals surface area contributed by atoms with Crippen molar-refractivity contribution in [2.24, 2.45) is 0 Å². The maximum absolute atomic E-state index is 14.1. The smallest absolute Gasteiger partial charge is 0.333 e. The summed E-state index contributed by atoms with van der Waals surface area (Å²) in [5.74, 6) is -2.38. The number of para-hydroxylation sites is 1. The molecular formula is C18H16F2O3. The minimum atomic E-state index is -0.850. The molecule has 0 amide bonds. The first-order valence-electron chi connectivity index (χ1n) is 7.08. The van der Waals surface area contributed by atoms with Crippen LogP contribution in [-0.2, 0) is 9.53 Å². The predicted molar refractivity (Wildman–Crippen MR) is 83.2 cm³/mol. The molecule has 2 rings (SSSR count). The normalized spacial score (nSPS) is 11.2. The Morgan fingerprint density at radius 2 is 1.74 bits per heavy atom. The Kier molecular flexibility index (Phi) is 5.46. The number of benzene rings is 2. The van der Waals surface area contributed by atoms with Crippen LogP contribution in [0.5, 0.6) is 11.5 Å². The van der Waals surface area contributed by atoms with Crippen molar-refractivity contribution in [2.75, 3.05) is 6.61 Å². The zero-order valence-electron chi connectivity index (χ0n) is 12.8. The van der Waals surface area contributed by atoms with Crippen molar-refractivity contribution in [2.45, 2.75) is 13.8 Å². The lowest BCUT2D eigenvalue weighted by Gasteiger charge is -2.09. The predicted octanol–water partition coefficient (Wildman–Crippen LogP) is 4.72. The fraction of sp³-hybridized carbons (Fsp3) is 0.167. The van der Waals surface area contributed by atoms with Gasteiger partial charge in [-0.2, -0.15) is 0 Å². The van der Waals surface area contributed by atoms with E-state index in [4.69, 9.17) is 9.47 Å². The van der Waals surface area contributed by atoms with Crippen molar-refractivity contribution in [1.82, 2.24) is 0 Å². The first-order valence-corrected chi connectivity index (χ1v) is 7.08. The van der Waals surface area contributed by atoms with Gasteiger partial charge in [-0.1, -0.05) is 18.2 Å². The third-order valence-electron chi connectivity index (χ3n) is 2.96. The zero-order valence-corrected chi connectivity index (χ0v) is 12.8. The van der Waals surface area contributed by atoms with Gasteiger partial charge in [-0.3, -0.25) is 0 Å². The number of esters is 1. The Balaban J connectivity index is 2.27. The highest BCUT2D eigenvalue weighted by Crippen LogP contribution is 2.29. The Bertz CT molecular complexity index is 701. The topological polar surface area (TPSA) is 35.5 Å². The van der Waals surface area contributed by atoms with E-state index in [1.807, 2.05) is 0 Å². The van der Waals surface area contributed by atoms with E-state index in [0.29, 0.717) is 5.75 Å². The second kappa shape index (κ2) is 7.54. The molecular weight excluding hydrogens is 302 g/mol. The molecule has 0 aliphatic carbocycles. The van der Waals surface area contributed by atoms with E-state index in [-0.39, 0.29) is 17.7 Å². The number of carbonyl (C=O) groups excluding carboxylic acids is 1. The fourth-order valence-corrected chi connectivity index (χ4v) is 1.92.